The standard InChI is InChI=1S/2C12H14N2O2.H2O/c2*1-12(13,11(15)16)6-8-7-14-10-5-3-2-4-9(8)10;/h2*2-5,7,14H,6,13H2,1H3,(H,15,16);1H2/t2*12-;/m11./s1. The summed E-state index contributed by atoms with van der Waals surface area (Å²) in [6.07, 6.45) is 4.26. The van der Waals surface area contributed by atoms with Gasteiger partial charge in [-0.3, -0.25) is 9.59 Å². The first-order valence-electron chi connectivity index (χ1n) is 10.2. The van der Waals surface area contributed by atoms with Gasteiger partial charge in [-0.1, -0.05) is 36.4 Å². The molecule has 0 aliphatic rings. The van der Waals surface area contributed by atoms with E-state index < -0.39 is 23.0 Å². The lowest BCUT2D eigenvalue weighted by Gasteiger charge is -2.18. The van der Waals surface area contributed by atoms with E-state index in [-0.39, 0.29) is 5.48 Å². The Morgan fingerprint density at radius 1 is 0.758 bits per heavy atom. The molecule has 0 bridgehead atoms. The van der Waals surface area contributed by atoms with Crippen LogP contribution in [-0.4, -0.2) is 48.7 Å². The molecule has 0 unspecified atom stereocenters. The largest absolute Gasteiger partial charge is 0.480 e. The van der Waals surface area contributed by atoms with Crippen molar-refractivity contribution in [3.05, 3.63) is 72.1 Å². The third kappa shape index (κ3) is 5.78. The monoisotopic (exact) mass is 454 g/mol. The summed E-state index contributed by atoms with van der Waals surface area (Å²) in [5.41, 5.74) is 12.9. The maximum atomic E-state index is 10.9. The molecule has 2 aromatic heterocycles. The summed E-state index contributed by atoms with van der Waals surface area (Å²) in [6.45, 7) is 3.05. The number of hydrogen-bond donors (Lipinski definition) is 6. The number of carboxylic acids is 2. The van der Waals surface area contributed by atoms with E-state index in [9.17, 15) is 9.59 Å². The maximum absolute atomic E-state index is 10.9. The molecule has 0 saturated carbocycles. The number of para-hydroxylation sites is 2. The fourth-order valence-corrected chi connectivity index (χ4v) is 3.50. The van der Waals surface area contributed by atoms with Gasteiger partial charge in [0.1, 0.15) is 11.1 Å². The lowest BCUT2D eigenvalue weighted by Crippen LogP contribution is -2.46. The maximum Gasteiger partial charge on any atom is 0.323 e. The third-order valence-corrected chi connectivity index (χ3v) is 5.44. The van der Waals surface area contributed by atoms with E-state index in [0.29, 0.717) is 12.8 Å². The molecule has 2 aromatic carbocycles. The molecular formula is C24H30N4O5. The number of carboxylic acid groups (broad SMARTS) is 2. The van der Waals surface area contributed by atoms with E-state index in [4.69, 9.17) is 21.7 Å². The van der Waals surface area contributed by atoms with Gasteiger partial charge in [-0.2, -0.15) is 0 Å². The Kier molecular flexibility index (Phi) is 7.65. The number of hydrogen-bond acceptors (Lipinski definition) is 4. The van der Waals surface area contributed by atoms with Gasteiger partial charge in [0, 0.05) is 47.0 Å². The molecule has 9 nitrogen and oxygen atoms in total. The Hall–Kier alpha value is -3.66. The van der Waals surface area contributed by atoms with Crippen molar-refractivity contribution in [1.82, 2.24) is 9.97 Å². The number of H-pyrrole nitrogens is 2. The number of fused-ring (bicyclic) bond motifs is 2. The minimum Gasteiger partial charge on any atom is -0.480 e. The van der Waals surface area contributed by atoms with Crippen LogP contribution in [0.4, 0.5) is 0 Å². The van der Waals surface area contributed by atoms with Crippen LogP contribution in [0, 0.1) is 0 Å². The van der Waals surface area contributed by atoms with Gasteiger partial charge in [0.25, 0.3) is 0 Å². The molecule has 4 rings (SSSR count). The van der Waals surface area contributed by atoms with Crippen molar-refractivity contribution in [2.24, 2.45) is 11.5 Å². The Labute approximate surface area is 190 Å². The average Bonchev–Trinajstić information content (AvgIpc) is 3.32. The lowest BCUT2D eigenvalue weighted by atomic mass is 9.94. The molecule has 9 heteroatoms. The number of nitrogens with one attached hydrogen (secondary N) is 2. The van der Waals surface area contributed by atoms with E-state index in [1.54, 1.807) is 0 Å². The van der Waals surface area contributed by atoms with Gasteiger partial charge < -0.3 is 37.1 Å². The zero-order valence-electron chi connectivity index (χ0n) is 18.6. The molecule has 10 N–H and O–H groups in total. The van der Waals surface area contributed by atoms with Gasteiger partial charge in [0.15, 0.2) is 0 Å². The molecular weight excluding hydrogens is 424 g/mol. The van der Waals surface area contributed by atoms with Crippen LogP contribution >= 0.6 is 0 Å². The van der Waals surface area contributed by atoms with E-state index in [1.807, 2.05) is 60.9 Å². The Morgan fingerprint density at radius 2 is 1.09 bits per heavy atom. The van der Waals surface area contributed by atoms with E-state index >= 15 is 0 Å². The molecule has 4 aromatic rings. The van der Waals surface area contributed by atoms with Crippen LogP contribution in [0.2, 0.25) is 0 Å². The van der Waals surface area contributed by atoms with E-state index in [0.717, 1.165) is 32.9 Å². The van der Waals surface area contributed by atoms with E-state index in [2.05, 4.69) is 9.97 Å². The second kappa shape index (κ2) is 9.86. The summed E-state index contributed by atoms with van der Waals surface area (Å²) in [7, 11) is 0. The number of aromatic nitrogens is 2. The van der Waals surface area contributed by atoms with Crippen molar-refractivity contribution >= 4 is 33.7 Å². The summed E-state index contributed by atoms with van der Waals surface area (Å²) in [5, 5.41) is 20.0. The zero-order valence-corrected chi connectivity index (χ0v) is 18.6. The normalized spacial score (nSPS) is 14.4. The number of nitrogens with two attached hydrogens (primary N) is 2. The Morgan fingerprint density at radius 3 is 1.42 bits per heavy atom. The van der Waals surface area contributed by atoms with Gasteiger partial charge in [-0.15, -0.1) is 0 Å². The average molecular weight is 455 g/mol. The van der Waals surface area contributed by atoms with Crippen molar-refractivity contribution < 1.29 is 25.3 Å². The number of aromatic amines is 2. The fourth-order valence-electron chi connectivity index (χ4n) is 3.50. The zero-order chi connectivity index (χ0) is 23.5. The van der Waals surface area contributed by atoms with Gasteiger partial charge in [0.05, 0.1) is 0 Å². The second-order valence-corrected chi connectivity index (χ2v) is 8.52. The highest BCUT2D eigenvalue weighted by atomic mass is 16.4. The summed E-state index contributed by atoms with van der Waals surface area (Å²) >= 11 is 0. The van der Waals surface area contributed by atoms with Crippen LogP contribution in [0.25, 0.3) is 21.8 Å². The quantitative estimate of drug-likeness (QED) is 0.259. The smallest absolute Gasteiger partial charge is 0.323 e. The first-order valence-corrected chi connectivity index (χ1v) is 10.2. The van der Waals surface area contributed by atoms with Crippen LogP contribution in [0.15, 0.2) is 60.9 Å². The predicted octanol–water partition coefficient (Wildman–Crippen LogP) is 2.20. The first-order chi connectivity index (χ1) is 15.0. The predicted molar refractivity (Wildman–Crippen MR) is 128 cm³/mol. The third-order valence-electron chi connectivity index (χ3n) is 5.44. The van der Waals surface area contributed by atoms with Crippen LogP contribution in [0.1, 0.15) is 25.0 Å². The molecule has 2 heterocycles. The van der Waals surface area contributed by atoms with Gasteiger partial charge in [-0.05, 0) is 37.1 Å². The summed E-state index contributed by atoms with van der Waals surface area (Å²) < 4.78 is 0. The Bertz CT molecular complexity index is 1160. The summed E-state index contributed by atoms with van der Waals surface area (Å²) in [5.74, 6) is -1.98. The SMILES string of the molecule is C[C@@](N)(Cc1c[nH]c2ccccc12)C(=O)O.C[C@@](N)(Cc1c[nH]c2ccccc12)C(=O)O.O. The van der Waals surface area contributed by atoms with Crippen molar-refractivity contribution in [3.63, 3.8) is 0 Å². The minimum absolute atomic E-state index is 0. The highest BCUT2D eigenvalue weighted by Gasteiger charge is 2.29. The minimum atomic E-state index is -1.23. The molecule has 33 heavy (non-hydrogen) atoms. The van der Waals surface area contributed by atoms with Gasteiger partial charge >= 0.3 is 11.9 Å². The number of benzene rings is 2. The number of rotatable bonds is 6. The molecule has 2 atom stereocenters. The molecule has 0 spiro atoms. The van der Waals surface area contributed by atoms with Crippen molar-refractivity contribution in [2.75, 3.05) is 0 Å². The highest BCUT2D eigenvalue weighted by molar-refractivity contribution is 5.86. The second-order valence-electron chi connectivity index (χ2n) is 8.52. The van der Waals surface area contributed by atoms with Crippen molar-refractivity contribution in [2.45, 2.75) is 37.8 Å². The molecule has 0 aliphatic heterocycles. The topological polar surface area (TPSA) is 190 Å². The summed E-state index contributed by atoms with van der Waals surface area (Å²) in [4.78, 5) is 28.1. The first kappa shape index (κ1) is 25.6. The van der Waals surface area contributed by atoms with Crippen LogP contribution in [0.5, 0.6) is 0 Å². The van der Waals surface area contributed by atoms with Crippen molar-refractivity contribution in [3.8, 4) is 0 Å². The Balaban J connectivity index is 0.000000227. The number of carbonyl (C=O) groups is 2. The fraction of sp³-hybridized carbons (Fsp3) is 0.250. The molecule has 0 aliphatic carbocycles. The van der Waals surface area contributed by atoms with Crippen LogP contribution < -0.4 is 11.5 Å². The molecule has 0 amide bonds. The number of aliphatic carboxylic acids is 2. The summed E-state index contributed by atoms with van der Waals surface area (Å²) in [6, 6.07) is 15.5. The molecule has 0 fully saturated rings. The van der Waals surface area contributed by atoms with Gasteiger partial charge in [0.2, 0.25) is 0 Å². The molecule has 0 saturated heterocycles. The highest BCUT2D eigenvalue weighted by Crippen LogP contribution is 2.22. The molecule has 0 radical (unpaired) electrons. The van der Waals surface area contributed by atoms with Gasteiger partial charge in [-0.25, -0.2) is 0 Å². The lowest BCUT2D eigenvalue weighted by molar-refractivity contribution is -0.143. The molecule has 176 valence electrons. The van der Waals surface area contributed by atoms with Crippen LogP contribution in [-0.2, 0) is 22.4 Å². The van der Waals surface area contributed by atoms with Crippen LogP contribution in [0.3, 0.4) is 0 Å². The van der Waals surface area contributed by atoms with Crippen molar-refractivity contribution in [1.29, 1.82) is 0 Å². The van der Waals surface area contributed by atoms with E-state index in [1.165, 1.54) is 13.8 Å².